The number of carbonyl (C=O) groups excluding carboxylic acids is 5. The molecule has 7 rings (SSSR count). The van der Waals surface area contributed by atoms with Gasteiger partial charge in [-0.1, -0.05) is 82.1 Å². The van der Waals surface area contributed by atoms with Gasteiger partial charge < -0.3 is 46.2 Å². The van der Waals surface area contributed by atoms with Gasteiger partial charge in [0, 0.05) is 88.8 Å². The third kappa shape index (κ3) is 13.7. The summed E-state index contributed by atoms with van der Waals surface area (Å²) in [6.45, 7) is 13.3. The highest BCUT2D eigenvalue weighted by Gasteiger charge is 2.44. The highest BCUT2D eigenvalue weighted by atomic mass is 35.5. The lowest BCUT2D eigenvalue weighted by atomic mass is 9.85. The minimum Gasteiger partial charge on any atom is -0.391 e. The molecule has 0 radical (unpaired) electrons. The summed E-state index contributed by atoms with van der Waals surface area (Å²) in [4.78, 5) is 87.4. The van der Waals surface area contributed by atoms with Crippen LogP contribution >= 0.6 is 22.9 Å². The number of β-amino-alcohol motifs (C(OH)–C–C–N with tert-alkyl or cyclic N) is 1. The Bertz CT molecular complexity index is 2480. The Morgan fingerprint density at radius 3 is 2.27 bits per heavy atom. The van der Waals surface area contributed by atoms with Crippen LogP contribution in [-0.4, -0.2) is 135 Å². The highest BCUT2D eigenvalue weighted by Crippen LogP contribution is 2.43. The van der Waals surface area contributed by atoms with Crippen molar-refractivity contribution in [1.82, 2.24) is 46.0 Å². The number of aryl methyl sites for hydroxylation is 1. The second kappa shape index (κ2) is 24.3. The molecule has 0 saturated carbocycles. The van der Waals surface area contributed by atoms with Crippen molar-refractivity contribution in [3.8, 4) is 10.4 Å². The minimum atomic E-state index is -0.917. The van der Waals surface area contributed by atoms with E-state index in [1.165, 1.54) is 11.2 Å². The van der Waals surface area contributed by atoms with Crippen LogP contribution in [0, 0.1) is 12.3 Å². The first-order valence-corrected chi connectivity index (χ1v) is 26.1. The summed E-state index contributed by atoms with van der Waals surface area (Å²) in [5.74, 6) is -0.693. The molecule has 4 heterocycles. The fourth-order valence-electron chi connectivity index (χ4n) is 9.72. The monoisotopic (exact) mass is 1010 g/mol. The molecule has 6 N–H and O–H groups in total. The van der Waals surface area contributed by atoms with E-state index in [2.05, 4.69) is 48.0 Å². The number of aliphatic hydroxyl groups is 2. The van der Waals surface area contributed by atoms with Gasteiger partial charge in [-0.3, -0.25) is 24.0 Å². The number of nitrogens with zero attached hydrogens (tertiary/aromatic N) is 6. The number of piperazine rings is 1. The molecule has 19 heteroatoms. The molecule has 5 amide bonds. The molecular formula is C52H69ClN10O7S. The van der Waals surface area contributed by atoms with Crippen LogP contribution in [0.4, 0.5) is 5.82 Å². The van der Waals surface area contributed by atoms with Crippen LogP contribution in [0.2, 0.25) is 5.02 Å². The number of amides is 5. The summed E-state index contributed by atoms with van der Waals surface area (Å²) in [6, 6.07) is 13.4. The van der Waals surface area contributed by atoms with Gasteiger partial charge >= 0.3 is 0 Å². The lowest BCUT2D eigenvalue weighted by molar-refractivity contribution is -0.144. The SMILES string of the molecule is Cc1ncsc1-c1ccc(CNC(=O)[C@@H]2C[C@@H](O)CN2C(=O)C(NC(=O)CCCCCNC(=O)CCNCC(C(=O)N2CCN(c3ncnc4c3[C@H](C)C[C@H]4O)CC2)c2ccc(Cl)cc2)C(C)(C)C)cc1. The number of nitrogens with one attached hydrogen (secondary N) is 4. The van der Waals surface area contributed by atoms with E-state index in [0.717, 1.165) is 38.6 Å². The standard InChI is InChI=1S/C52H69ClN10O7S/c1-32-25-41(65)45-44(32)48(58-30-57-45)61-21-23-62(24-22-61)50(69)39(35-14-16-37(53)17-15-35)28-54-20-18-42(66)55-19-8-6-7-9-43(67)60-47(52(3,4)5)51(70)63-29-38(64)26-40(63)49(68)56-27-34-10-12-36(13-11-34)46-33(2)59-31-71-46/h10-17,30-32,38-41,47,54,64-65H,6-9,18-29H2,1-5H3,(H,55,66)(H,56,68)(H,60,67)/t32-,38-,39?,40+,41-,47?/m1/s1. The van der Waals surface area contributed by atoms with E-state index in [9.17, 15) is 34.2 Å². The molecule has 1 aliphatic carbocycles. The molecule has 2 saturated heterocycles. The van der Waals surface area contributed by atoms with Crippen LogP contribution in [0.5, 0.6) is 0 Å². The molecule has 4 aromatic rings. The Hall–Kier alpha value is -5.53. The summed E-state index contributed by atoms with van der Waals surface area (Å²) < 4.78 is 0. The van der Waals surface area contributed by atoms with Crippen LogP contribution < -0.4 is 26.2 Å². The Morgan fingerprint density at radius 1 is 0.845 bits per heavy atom. The third-order valence-electron chi connectivity index (χ3n) is 13.7. The first-order valence-electron chi connectivity index (χ1n) is 24.8. The van der Waals surface area contributed by atoms with Gasteiger partial charge in [0.15, 0.2) is 0 Å². The number of carbonyl (C=O) groups is 5. The van der Waals surface area contributed by atoms with E-state index in [1.54, 1.807) is 23.5 Å². The third-order valence-corrected chi connectivity index (χ3v) is 15.0. The van der Waals surface area contributed by atoms with Crippen molar-refractivity contribution in [3.63, 3.8) is 0 Å². The number of halogens is 1. The molecule has 2 aromatic heterocycles. The number of unbranched alkanes of at least 4 members (excludes halogenated alkanes) is 2. The molecule has 0 bridgehead atoms. The zero-order valence-corrected chi connectivity index (χ0v) is 43.0. The predicted molar refractivity (Wildman–Crippen MR) is 274 cm³/mol. The molecular weight excluding hydrogens is 944 g/mol. The first kappa shape index (κ1) is 53.3. The number of anilines is 1. The number of aromatic nitrogens is 3. The lowest BCUT2D eigenvalue weighted by Gasteiger charge is -2.38. The number of likely N-dealkylation sites (tertiary alicyclic amines) is 1. The number of hydrogen-bond donors (Lipinski definition) is 6. The summed E-state index contributed by atoms with van der Waals surface area (Å²) >= 11 is 7.77. The Morgan fingerprint density at radius 2 is 1.58 bits per heavy atom. The average Bonchev–Trinajstić information content (AvgIpc) is 4.06. The van der Waals surface area contributed by atoms with E-state index in [1.807, 2.05) is 74.5 Å². The Balaban J connectivity index is 0.802. The highest BCUT2D eigenvalue weighted by molar-refractivity contribution is 7.13. The van der Waals surface area contributed by atoms with Crippen molar-refractivity contribution >= 4 is 58.3 Å². The van der Waals surface area contributed by atoms with Crippen LogP contribution in [0.3, 0.4) is 0 Å². The zero-order chi connectivity index (χ0) is 50.8. The molecule has 2 unspecified atom stereocenters. The maximum absolute atomic E-state index is 14.1. The molecule has 382 valence electrons. The topological polar surface area (TPSA) is 222 Å². The quantitative estimate of drug-likeness (QED) is 0.0645. The normalized spacial score (nSPS) is 19.8. The zero-order valence-electron chi connectivity index (χ0n) is 41.5. The number of benzene rings is 2. The van der Waals surface area contributed by atoms with Gasteiger partial charge in [-0.05, 0) is 66.3 Å². The molecule has 17 nitrogen and oxygen atoms in total. The Kier molecular flexibility index (Phi) is 18.2. The van der Waals surface area contributed by atoms with Gasteiger partial charge in [0.1, 0.15) is 24.2 Å². The van der Waals surface area contributed by atoms with Gasteiger partial charge in [0.25, 0.3) is 0 Å². The van der Waals surface area contributed by atoms with Gasteiger partial charge in [-0.15, -0.1) is 11.3 Å². The van der Waals surface area contributed by atoms with E-state index in [-0.39, 0.29) is 61.9 Å². The van der Waals surface area contributed by atoms with Crippen LogP contribution in [0.15, 0.2) is 60.4 Å². The summed E-state index contributed by atoms with van der Waals surface area (Å²) in [6.07, 6.45) is 3.07. The summed E-state index contributed by atoms with van der Waals surface area (Å²) in [7, 11) is 0. The average molecular weight is 1010 g/mol. The van der Waals surface area contributed by atoms with Crippen LogP contribution in [0.1, 0.15) is 119 Å². The van der Waals surface area contributed by atoms with Gasteiger partial charge in [0.2, 0.25) is 29.5 Å². The van der Waals surface area contributed by atoms with Crippen molar-refractivity contribution in [2.75, 3.05) is 57.3 Å². The van der Waals surface area contributed by atoms with E-state index < -0.39 is 41.5 Å². The van der Waals surface area contributed by atoms with Crippen molar-refractivity contribution in [2.24, 2.45) is 5.41 Å². The predicted octanol–water partition coefficient (Wildman–Crippen LogP) is 5.00. The maximum atomic E-state index is 14.1. The van der Waals surface area contributed by atoms with Crippen molar-refractivity contribution in [3.05, 3.63) is 93.5 Å². The van der Waals surface area contributed by atoms with Gasteiger partial charge in [0.05, 0.1) is 39.9 Å². The molecule has 2 aliphatic heterocycles. The fraction of sp³-hybridized carbons (Fsp3) is 0.538. The molecule has 0 spiro atoms. The first-order chi connectivity index (χ1) is 34.0. The molecule has 2 fully saturated rings. The van der Waals surface area contributed by atoms with Gasteiger partial charge in [-0.25, -0.2) is 15.0 Å². The minimum absolute atomic E-state index is 0.00656. The maximum Gasteiger partial charge on any atom is 0.246 e. The van der Waals surface area contributed by atoms with Crippen LogP contribution in [0.25, 0.3) is 10.4 Å². The Labute approximate surface area is 425 Å². The summed E-state index contributed by atoms with van der Waals surface area (Å²) in [5.41, 5.74) is 6.56. The van der Waals surface area contributed by atoms with E-state index >= 15 is 0 Å². The number of rotatable bonds is 20. The molecule has 3 aliphatic rings. The summed E-state index contributed by atoms with van der Waals surface area (Å²) in [5, 5.41) is 33.8. The number of thiazole rings is 1. The molecule has 2 aromatic carbocycles. The molecule has 6 atom stereocenters. The van der Waals surface area contributed by atoms with E-state index in [4.69, 9.17) is 11.6 Å². The second-order valence-corrected chi connectivity index (χ2v) is 21.4. The second-order valence-electron chi connectivity index (χ2n) is 20.1. The van der Waals surface area contributed by atoms with Crippen molar-refractivity contribution in [2.45, 2.75) is 122 Å². The number of aliphatic hydroxyl groups excluding tert-OH is 2. The fourth-order valence-corrected chi connectivity index (χ4v) is 10.7. The van der Waals surface area contributed by atoms with Crippen molar-refractivity contribution in [1.29, 1.82) is 0 Å². The van der Waals surface area contributed by atoms with Crippen LogP contribution in [-0.2, 0) is 30.5 Å². The van der Waals surface area contributed by atoms with E-state index in [0.29, 0.717) is 82.2 Å². The number of fused-ring (bicyclic) bond motifs is 1. The smallest absolute Gasteiger partial charge is 0.246 e. The number of hydrogen-bond acceptors (Lipinski definition) is 13. The lowest BCUT2D eigenvalue weighted by Crippen LogP contribution is -2.57. The van der Waals surface area contributed by atoms with Crippen molar-refractivity contribution < 1.29 is 34.2 Å². The molecule has 71 heavy (non-hydrogen) atoms. The van der Waals surface area contributed by atoms with Gasteiger partial charge in [-0.2, -0.15) is 0 Å². The largest absolute Gasteiger partial charge is 0.391 e.